The van der Waals surface area contributed by atoms with E-state index < -0.39 is 0 Å². The van der Waals surface area contributed by atoms with E-state index in [1.54, 1.807) is 0 Å². The van der Waals surface area contributed by atoms with Crippen molar-refractivity contribution in [3.63, 3.8) is 0 Å². The van der Waals surface area contributed by atoms with Crippen molar-refractivity contribution in [2.24, 2.45) is 4.99 Å². The first-order valence-electron chi connectivity index (χ1n) is 7.29. The van der Waals surface area contributed by atoms with Crippen molar-refractivity contribution >= 4 is 22.4 Å². The summed E-state index contributed by atoms with van der Waals surface area (Å²) in [6, 6.07) is 11.8. The first kappa shape index (κ1) is 15.2. The highest BCUT2D eigenvalue weighted by Gasteiger charge is 2.18. The Balaban J connectivity index is 1.54. The molecule has 0 spiro atoms. The Morgan fingerprint density at radius 2 is 2.17 bits per heavy atom. The molecule has 0 bridgehead atoms. The molecule has 8 heteroatoms. The number of aromatic nitrogens is 2. The number of aliphatic imine (C=N–C) groups is 1. The number of anilines is 1. The molecule has 7 nitrogen and oxygen atoms in total. The second-order valence-corrected chi connectivity index (χ2v) is 5.89. The average Bonchev–Trinajstić information content (AvgIpc) is 3.22. The van der Waals surface area contributed by atoms with Crippen LogP contribution < -0.4 is 10.1 Å². The number of benzene rings is 1. The predicted octanol–water partition coefficient (Wildman–Crippen LogP) is 2.11. The second-order valence-electron chi connectivity index (χ2n) is 4.83. The smallest absolute Gasteiger partial charge is 0.212 e. The normalized spacial score (nSPS) is 13.5. The molecular weight excluding hydrogens is 312 g/mol. The fourth-order valence-corrected chi connectivity index (χ4v) is 2.77. The van der Waals surface area contributed by atoms with Gasteiger partial charge in [-0.3, -0.25) is 4.99 Å². The molecule has 0 fully saturated rings. The molecule has 1 aromatic carbocycles. The molecule has 0 radical (unpaired) electrons. The van der Waals surface area contributed by atoms with Gasteiger partial charge in [0, 0.05) is 13.1 Å². The lowest BCUT2D eigenvalue weighted by Gasteiger charge is -2.18. The number of hydrogen-bond acceptors (Lipinski definition) is 8. The molecule has 1 N–H and O–H groups in total. The fourth-order valence-electron chi connectivity index (χ4n) is 2.12. The van der Waals surface area contributed by atoms with Crippen molar-refractivity contribution in [2.75, 3.05) is 25.0 Å². The van der Waals surface area contributed by atoms with E-state index in [1.165, 1.54) is 11.3 Å². The molecule has 1 aliphatic heterocycles. The number of nitrogens with one attached hydrogen (secondary N) is 1. The van der Waals surface area contributed by atoms with Crippen molar-refractivity contribution in [1.29, 1.82) is 5.26 Å². The van der Waals surface area contributed by atoms with Gasteiger partial charge in [0.25, 0.3) is 0 Å². The summed E-state index contributed by atoms with van der Waals surface area (Å²) < 4.78 is 5.65. The average molecular weight is 328 g/mol. The molecule has 118 valence electrons. The lowest BCUT2D eigenvalue weighted by atomic mass is 10.3. The summed E-state index contributed by atoms with van der Waals surface area (Å²) in [5, 5.41) is 21.6. The van der Waals surface area contributed by atoms with Crippen molar-refractivity contribution in [3.8, 4) is 11.8 Å². The van der Waals surface area contributed by atoms with E-state index >= 15 is 0 Å². The van der Waals surface area contributed by atoms with Crippen LogP contribution in [0.2, 0.25) is 0 Å². The second kappa shape index (κ2) is 7.56. The molecular formula is C15H16N6OS. The number of nitrogens with zero attached hydrogens (tertiary/aromatic N) is 5. The molecule has 3 rings (SSSR count). The molecule has 0 saturated carbocycles. The van der Waals surface area contributed by atoms with Gasteiger partial charge < -0.3 is 15.0 Å². The maximum atomic E-state index is 8.69. The lowest BCUT2D eigenvalue weighted by molar-refractivity contribution is 0.304. The van der Waals surface area contributed by atoms with Crippen molar-refractivity contribution in [1.82, 2.24) is 15.1 Å². The van der Waals surface area contributed by atoms with E-state index in [2.05, 4.69) is 26.6 Å². The van der Waals surface area contributed by atoms with Gasteiger partial charge in [-0.1, -0.05) is 29.5 Å². The summed E-state index contributed by atoms with van der Waals surface area (Å²) in [5.74, 6) is 1.56. The van der Waals surface area contributed by atoms with Crippen LogP contribution in [0.5, 0.6) is 5.75 Å². The number of rotatable bonds is 6. The molecule has 1 aliphatic rings. The van der Waals surface area contributed by atoms with Crippen LogP contribution in [0.15, 0.2) is 35.3 Å². The Morgan fingerprint density at radius 3 is 3.00 bits per heavy atom. The van der Waals surface area contributed by atoms with Gasteiger partial charge in [0.1, 0.15) is 12.4 Å². The highest BCUT2D eigenvalue weighted by atomic mass is 32.1. The zero-order valence-electron chi connectivity index (χ0n) is 12.5. The number of ether oxygens (including phenoxy) is 1. The summed E-state index contributed by atoms with van der Waals surface area (Å²) in [6.45, 7) is 2.61. The van der Waals surface area contributed by atoms with Gasteiger partial charge in [-0.15, -0.1) is 10.2 Å². The van der Waals surface area contributed by atoms with Gasteiger partial charge in [-0.05, 0) is 12.1 Å². The van der Waals surface area contributed by atoms with Crippen molar-refractivity contribution in [2.45, 2.75) is 13.0 Å². The zero-order valence-corrected chi connectivity index (χ0v) is 13.3. The predicted molar refractivity (Wildman–Crippen MR) is 88.4 cm³/mol. The van der Waals surface area contributed by atoms with Crippen molar-refractivity contribution < 1.29 is 4.74 Å². The molecule has 0 aliphatic carbocycles. The topological polar surface area (TPSA) is 86.4 Å². The van der Waals surface area contributed by atoms with Crippen LogP contribution in [-0.4, -0.2) is 40.7 Å². The monoisotopic (exact) mass is 328 g/mol. The number of hydrogen-bond donors (Lipinski definition) is 1. The number of para-hydroxylation sites is 1. The Labute approximate surface area is 138 Å². The minimum Gasteiger partial charge on any atom is -0.486 e. The van der Waals surface area contributed by atoms with Crippen LogP contribution in [-0.2, 0) is 6.61 Å². The van der Waals surface area contributed by atoms with E-state index in [-0.39, 0.29) is 0 Å². The standard InChI is InChI=1S/C15H16N6OS/c16-7-4-9-21-10-8-17-14(21)18-15-20-19-13(23-15)11-22-12-5-2-1-3-6-12/h1-3,5-6H,4,8-11H2,(H,17,18,20). The third-order valence-corrected chi connectivity index (χ3v) is 4.03. The van der Waals surface area contributed by atoms with Gasteiger partial charge in [0.2, 0.25) is 5.13 Å². The molecule has 0 unspecified atom stereocenters. The van der Waals surface area contributed by atoms with E-state index in [0.29, 0.717) is 24.7 Å². The summed E-state index contributed by atoms with van der Waals surface area (Å²) >= 11 is 1.43. The van der Waals surface area contributed by atoms with Crippen LogP contribution in [0, 0.1) is 11.3 Å². The maximum Gasteiger partial charge on any atom is 0.212 e. The minimum atomic E-state index is 0.383. The molecule has 0 saturated heterocycles. The van der Waals surface area contributed by atoms with E-state index in [0.717, 1.165) is 29.8 Å². The van der Waals surface area contributed by atoms with Gasteiger partial charge in [-0.25, -0.2) is 0 Å². The van der Waals surface area contributed by atoms with Gasteiger partial charge >= 0.3 is 0 Å². The van der Waals surface area contributed by atoms with Gasteiger partial charge in [0.15, 0.2) is 11.0 Å². The van der Waals surface area contributed by atoms with Crippen LogP contribution >= 0.6 is 11.3 Å². The molecule has 2 heterocycles. The Hall–Kier alpha value is -2.66. The Kier molecular flexibility index (Phi) is 5.01. The number of guanidine groups is 1. The highest BCUT2D eigenvalue weighted by Crippen LogP contribution is 2.19. The largest absolute Gasteiger partial charge is 0.486 e. The minimum absolute atomic E-state index is 0.383. The van der Waals surface area contributed by atoms with Crippen LogP contribution in [0.25, 0.3) is 0 Å². The SMILES string of the molecule is N#CCCN1CCN=C1Nc1nnc(COc2ccccc2)s1. The first-order chi connectivity index (χ1) is 11.3. The highest BCUT2D eigenvalue weighted by molar-refractivity contribution is 7.15. The van der Waals surface area contributed by atoms with E-state index in [1.807, 2.05) is 35.2 Å². The maximum absolute atomic E-state index is 8.69. The molecule has 2 aromatic rings. The van der Waals surface area contributed by atoms with Crippen LogP contribution in [0.3, 0.4) is 0 Å². The molecule has 23 heavy (non-hydrogen) atoms. The van der Waals surface area contributed by atoms with E-state index in [4.69, 9.17) is 10.00 Å². The number of nitriles is 1. The molecule has 0 amide bonds. The first-order valence-corrected chi connectivity index (χ1v) is 8.10. The Morgan fingerprint density at radius 1 is 1.30 bits per heavy atom. The zero-order chi connectivity index (χ0) is 15.9. The third kappa shape index (κ3) is 4.17. The van der Waals surface area contributed by atoms with Crippen molar-refractivity contribution in [3.05, 3.63) is 35.3 Å². The van der Waals surface area contributed by atoms with Crippen LogP contribution in [0.1, 0.15) is 11.4 Å². The van der Waals surface area contributed by atoms with E-state index in [9.17, 15) is 0 Å². The Bertz CT molecular complexity index is 708. The summed E-state index contributed by atoms with van der Waals surface area (Å²) in [4.78, 5) is 6.44. The third-order valence-electron chi connectivity index (χ3n) is 3.22. The van der Waals surface area contributed by atoms with Gasteiger partial charge in [0.05, 0.1) is 19.0 Å². The summed E-state index contributed by atoms with van der Waals surface area (Å²) in [5.41, 5.74) is 0. The fraction of sp³-hybridized carbons (Fsp3) is 0.333. The van der Waals surface area contributed by atoms with Crippen LogP contribution in [0.4, 0.5) is 5.13 Å². The molecule has 1 aromatic heterocycles. The quantitative estimate of drug-likeness (QED) is 0.874. The van der Waals surface area contributed by atoms with Gasteiger partial charge in [-0.2, -0.15) is 5.26 Å². The molecule has 0 atom stereocenters. The summed E-state index contributed by atoms with van der Waals surface area (Å²) in [7, 11) is 0. The lowest BCUT2D eigenvalue weighted by Crippen LogP contribution is -2.33. The summed E-state index contributed by atoms with van der Waals surface area (Å²) in [6.07, 6.45) is 0.479.